The summed E-state index contributed by atoms with van der Waals surface area (Å²) in [4.78, 5) is 65.9. The number of rotatable bonds is 14. The number of amides is 4. The molecule has 0 bridgehead atoms. The van der Waals surface area contributed by atoms with E-state index in [9.17, 15) is 24.0 Å². The van der Waals surface area contributed by atoms with E-state index in [0.29, 0.717) is 18.4 Å². The Bertz CT molecular complexity index is 1390. The van der Waals surface area contributed by atoms with Crippen LogP contribution in [0.2, 0.25) is 5.02 Å². The first-order chi connectivity index (χ1) is 21.8. The van der Waals surface area contributed by atoms with Crippen LogP contribution < -0.4 is 16.0 Å². The zero-order valence-corrected chi connectivity index (χ0v) is 28.1. The van der Waals surface area contributed by atoms with Crippen molar-refractivity contribution in [1.29, 1.82) is 0 Å². The number of carbonyl (C=O) groups excluding carboxylic acids is 4. The van der Waals surface area contributed by atoms with Gasteiger partial charge in [-0.05, 0) is 47.9 Å². The Balaban J connectivity index is 1.72. The molecule has 0 radical (unpaired) electrons. The summed E-state index contributed by atoms with van der Waals surface area (Å²) in [5.41, 5.74) is 1.69. The Morgan fingerprint density at radius 2 is 1.74 bits per heavy atom. The van der Waals surface area contributed by atoms with Gasteiger partial charge in [0.05, 0.1) is 12.2 Å². The maximum Gasteiger partial charge on any atom is 0.407 e. The van der Waals surface area contributed by atoms with Gasteiger partial charge in [0.2, 0.25) is 17.7 Å². The summed E-state index contributed by atoms with van der Waals surface area (Å²) in [7, 11) is 0. The summed E-state index contributed by atoms with van der Waals surface area (Å²) in [5.74, 6) is -2.76. The third kappa shape index (κ3) is 10.1. The van der Waals surface area contributed by atoms with E-state index >= 15 is 0 Å². The van der Waals surface area contributed by atoms with Crippen molar-refractivity contribution >= 4 is 54.0 Å². The largest absolute Gasteiger partial charge is 0.478 e. The smallest absolute Gasteiger partial charge is 0.407 e. The highest BCUT2D eigenvalue weighted by Crippen LogP contribution is 2.33. The minimum absolute atomic E-state index is 0.00623. The molecule has 1 fully saturated rings. The van der Waals surface area contributed by atoms with Gasteiger partial charge in [-0.2, -0.15) is 12.6 Å². The highest BCUT2D eigenvalue weighted by molar-refractivity contribution is 7.80. The average molecular weight is 675 g/mol. The monoisotopic (exact) mass is 674 g/mol. The van der Waals surface area contributed by atoms with Gasteiger partial charge in [0, 0.05) is 29.8 Å². The quantitative estimate of drug-likeness (QED) is 0.191. The van der Waals surface area contributed by atoms with Crippen molar-refractivity contribution in [2.75, 3.05) is 25.4 Å². The topological polar surface area (TPSA) is 154 Å². The van der Waals surface area contributed by atoms with Crippen LogP contribution in [0.15, 0.2) is 48.5 Å². The molecule has 13 heteroatoms. The summed E-state index contributed by atoms with van der Waals surface area (Å²) in [5, 5.41) is 17.6. The number of likely N-dealkylation sites (tertiary alicyclic amines) is 1. The summed E-state index contributed by atoms with van der Waals surface area (Å²) < 4.78 is 5.25. The van der Waals surface area contributed by atoms with Gasteiger partial charge in [-0.15, -0.1) is 0 Å². The number of nitrogens with one attached hydrogen (secondary N) is 3. The SMILES string of the molecule is CC(C)COC(=O)N[C@H](C(=O)N1C[C@H](c2ccccc2)C[C@H]1C(=O)N[C@@H](CS)C(=O)NCCc1ccc(C(=O)O)cc1Cl)C(C)C. The Kier molecular flexibility index (Phi) is 13.7. The van der Waals surface area contributed by atoms with E-state index in [-0.39, 0.29) is 53.8 Å². The van der Waals surface area contributed by atoms with Crippen LogP contribution in [0.5, 0.6) is 0 Å². The van der Waals surface area contributed by atoms with Crippen molar-refractivity contribution in [2.45, 2.75) is 64.6 Å². The zero-order valence-electron chi connectivity index (χ0n) is 26.5. The summed E-state index contributed by atoms with van der Waals surface area (Å²) in [6.45, 7) is 8.07. The average Bonchev–Trinajstić information content (AvgIpc) is 3.48. The Morgan fingerprint density at radius 3 is 2.33 bits per heavy atom. The van der Waals surface area contributed by atoms with E-state index < -0.39 is 47.9 Å². The van der Waals surface area contributed by atoms with Gasteiger partial charge < -0.3 is 30.7 Å². The number of hydrogen-bond donors (Lipinski definition) is 5. The Labute approximate surface area is 280 Å². The molecule has 3 rings (SSSR count). The summed E-state index contributed by atoms with van der Waals surface area (Å²) >= 11 is 10.5. The van der Waals surface area contributed by atoms with Crippen molar-refractivity contribution in [3.05, 3.63) is 70.2 Å². The molecule has 0 aromatic heterocycles. The molecule has 1 aliphatic heterocycles. The zero-order chi connectivity index (χ0) is 34.0. The second kappa shape index (κ2) is 17.2. The first kappa shape index (κ1) is 36.7. The van der Waals surface area contributed by atoms with Crippen molar-refractivity contribution in [1.82, 2.24) is 20.9 Å². The van der Waals surface area contributed by atoms with Gasteiger partial charge in [-0.25, -0.2) is 9.59 Å². The van der Waals surface area contributed by atoms with Gasteiger partial charge in [-0.3, -0.25) is 14.4 Å². The summed E-state index contributed by atoms with van der Waals surface area (Å²) in [6, 6.07) is 11.1. The standard InChI is InChI=1S/C33H43ClN4O7S/c1-19(2)17-45-33(44)37-28(20(3)4)31(41)38-16-24(21-8-6-5-7-9-21)15-27(38)30(40)36-26(18-46)29(39)35-13-12-22-10-11-23(32(42)43)14-25(22)34/h5-11,14,19-20,24,26-28,46H,12-13,15-18H2,1-4H3,(H,35,39)(H,36,40)(H,37,44)(H,42,43)/t24-,26+,27+,28+/m1/s1. The maximum absolute atomic E-state index is 13.9. The predicted molar refractivity (Wildman–Crippen MR) is 178 cm³/mol. The Morgan fingerprint density at radius 1 is 1.04 bits per heavy atom. The fourth-order valence-corrected chi connectivity index (χ4v) is 5.72. The minimum atomic E-state index is -1.09. The molecule has 4 amide bonds. The molecule has 1 heterocycles. The van der Waals surface area contributed by atoms with Gasteiger partial charge in [0.15, 0.2) is 0 Å². The van der Waals surface area contributed by atoms with Crippen LogP contribution in [-0.2, 0) is 25.5 Å². The highest BCUT2D eigenvalue weighted by Gasteiger charge is 2.43. The molecule has 0 unspecified atom stereocenters. The van der Waals surface area contributed by atoms with Crippen molar-refractivity contribution in [3.8, 4) is 0 Å². The van der Waals surface area contributed by atoms with E-state index in [4.69, 9.17) is 21.4 Å². The number of carboxylic acid groups (broad SMARTS) is 1. The van der Waals surface area contributed by atoms with Crippen LogP contribution in [0.4, 0.5) is 4.79 Å². The fourth-order valence-electron chi connectivity index (χ4n) is 5.19. The van der Waals surface area contributed by atoms with Gasteiger partial charge in [0.1, 0.15) is 18.1 Å². The predicted octanol–water partition coefficient (Wildman–Crippen LogP) is 3.90. The number of hydrogen-bond acceptors (Lipinski definition) is 7. The number of aromatic carboxylic acids is 1. The molecule has 2 aromatic carbocycles. The number of thiol groups is 1. The molecule has 0 spiro atoms. The molecule has 1 saturated heterocycles. The van der Waals surface area contributed by atoms with Gasteiger partial charge in [-0.1, -0.05) is 75.7 Å². The lowest BCUT2D eigenvalue weighted by molar-refractivity contribution is -0.141. The molecule has 4 atom stereocenters. The molecule has 250 valence electrons. The van der Waals surface area contributed by atoms with Crippen LogP contribution in [0, 0.1) is 11.8 Å². The van der Waals surface area contributed by atoms with Crippen LogP contribution in [0.1, 0.15) is 61.5 Å². The number of carboxylic acids is 1. The van der Waals surface area contributed by atoms with Crippen LogP contribution in [0.3, 0.4) is 0 Å². The fraction of sp³-hybridized carbons (Fsp3) is 0.485. The van der Waals surface area contributed by atoms with E-state index in [2.05, 4.69) is 28.6 Å². The molecule has 2 aromatic rings. The van der Waals surface area contributed by atoms with Crippen LogP contribution in [0.25, 0.3) is 0 Å². The van der Waals surface area contributed by atoms with Gasteiger partial charge in [0.25, 0.3) is 0 Å². The molecular formula is C33H43ClN4O7S. The van der Waals surface area contributed by atoms with E-state index in [1.54, 1.807) is 19.9 Å². The molecule has 1 aliphatic rings. The first-order valence-electron chi connectivity index (χ1n) is 15.3. The lowest BCUT2D eigenvalue weighted by atomic mass is 9.96. The number of benzene rings is 2. The molecular weight excluding hydrogens is 632 g/mol. The number of halogens is 1. The molecule has 4 N–H and O–H groups in total. The Hall–Kier alpha value is -3.77. The third-order valence-corrected chi connectivity index (χ3v) is 8.44. The molecule has 0 saturated carbocycles. The van der Waals surface area contributed by atoms with E-state index in [0.717, 1.165) is 5.56 Å². The molecule has 46 heavy (non-hydrogen) atoms. The highest BCUT2D eigenvalue weighted by atomic mass is 35.5. The second-order valence-electron chi connectivity index (χ2n) is 12.1. The maximum atomic E-state index is 13.9. The van der Waals surface area contributed by atoms with Crippen molar-refractivity contribution < 1.29 is 33.8 Å². The van der Waals surface area contributed by atoms with Crippen molar-refractivity contribution in [3.63, 3.8) is 0 Å². The lowest BCUT2D eigenvalue weighted by Crippen LogP contribution is -2.57. The molecule has 0 aliphatic carbocycles. The number of carbonyl (C=O) groups is 5. The number of nitrogens with zero attached hydrogens (tertiary/aromatic N) is 1. The number of ether oxygens (including phenoxy) is 1. The second-order valence-corrected chi connectivity index (χ2v) is 12.9. The van der Waals surface area contributed by atoms with Crippen molar-refractivity contribution in [2.24, 2.45) is 11.8 Å². The normalized spacial score (nSPS) is 17.3. The number of alkyl carbamates (subject to hydrolysis) is 1. The third-order valence-electron chi connectivity index (χ3n) is 7.72. The lowest BCUT2D eigenvalue weighted by Gasteiger charge is -2.31. The molecule has 11 nitrogen and oxygen atoms in total. The van der Waals surface area contributed by atoms with E-state index in [1.165, 1.54) is 17.0 Å². The van der Waals surface area contributed by atoms with Crippen LogP contribution >= 0.6 is 24.2 Å². The van der Waals surface area contributed by atoms with Crippen LogP contribution in [-0.4, -0.2) is 83.4 Å². The first-order valence-corrected chi connectivity index (χ1v) is 16.3. The minimum Gasteiger partial charge on any atom is -0.478 e. The van der Waals surface area contributed by atoms with E-state index in [1.807, 2.05) is 44.2 Å². The summed E-state index contributed by atoms with van der Waals surface area (Å²) in [6.07, 6.45) is -0.0352. The van der Waals surface area contributed by atoms with Gasteiger partial charge >= 0.3 is 12.1 Å².